The third kappa shape index (κ3) is 3.72. The average molecular weight is 284 g/mol. The number of aryl methyl sites for hydroxylation is 1. The predicted octanol–water partition coefficient (Wildman–Crippen LogP) is -0.252. The predicted molar refractivity (Wildman–Crippen MR) is 71.3 cm³/mol. The molecule has 1 aromatic rings. The van der Waals surface area contributed by atoms with Gasteiger partial charge in [0.2, 0.25) is 5.91 Å². The fraction of sp³-hybridized carbons (Fsp3) is 0.545. The molecule has 0 aromatic carbocycles. The van der Waals surface area contributed by atoms with Crippen LogP contribution in [0.2, 0.25) is 0 Å². The number of carbonyl (C=O) groups excluding carboxylic acids is 1. The van der Waals surface area contributed by atoms with Crippen LogP contribution in [0.25, 0.3) is 0 Å². The van der Waals surface area contributed by atoms with Gasteiger partial charge in [0.25, 0.3) is 0 Å². The number of hydrogen-bond acceptors (Lipinski definition) is 6. The van der Waals surface area contributed by atoms with Gasteiger partial charge in [0.05, 0.1) is 12.2 Å². The fourth-order valence-corrected chi connectivity index (χ4v) is 2.64. The van der Waals surface area contributed by atoms with Crippen LogP contribution < -0.4 is 10.6 Å². The Labute approximate surface area is 114 Å². The molecular formula is C11H16N4O3S. The highest BCUT2D eigenvalue weighted by Crippen LogP contribution is 2.14. The van der Waals surface area contributed by atoms with Gasteiger partial charge in [-0.15, -0.1) is 11.3 Å². The topological polar surface area (TPSA) is 94.6 Å². The summed E-state index contributed by atoms with van der Waals surface area (Å²) in [5.74, 6) is -1.15. The molecule has 1 unspecified atom stereocenters. The normalized spacial score (nSPS) is 20.2. The van der Waals surface area contributed by atoms with Crippen molar-refractivity contribution >= 4 is 28.3 Å². The van der Waals surface area contributed by atoms with Crippen LogP contribution in [0.15, 0.2) is 5.38 Å². The maximum atomic E-state index is 11.9. The summed E-state index contributed by atoms with van der Waals surface area (Å²) >= 11 is 1.36. The summed E-state index contributed by atoms with van der Waals surface area (Å²) in [5.41, 5.74) is 0.853. The molecule has 1 aliphatic rings. The van der Waals surface area contributed by atoms with E-state index in [4.69, 9.17) is 5.11 Å². The molecule has 1 atom stereocenters. The van der Waals surface area contributed by atoms with Crippen LogP contribution in [0.3, 0.4) is 0 Å². The molecule has 1 fully saturated rings. The number of carboxylic acids is 1. The zero-order valence-electron chi connectivity index (χ0n) is 10.5. The first kappa shape index (κ1) is 13.9. The number of rotatable bonds is 4. The second-order valence-electron chi connectivity index (χ2n) is 4.37. The van der Waals surface area contributed by atoms with Crippen LogP contribution in [-0.2, 0) is 9.59 Å². The van der Waals surface area contributed by atoms with Crippen LogP contribution in [-0.4, -0.2) is 59.1 Å². The van der Waals surface area contributed by atoms with Crippen molar-refractivity contribution in [3.05, 3.63) is 11.1 Å². The number of nitrogens with zero attached hydrogens (tertiary/aromatic N) is 2. The SMILES string of the molecule is Cc1csc(NC(=O)CN2CCNCC2C(=O)O)n1. The lowest BCUT2D eigenvalue weighted by atomic mass is 10.2. The van der Waals surface area contributed by atoms with Gasteiger partial charge >= 0.3 is 5.97 Å². The first-order chi connectivity index (χ1) is 9.06. The molecule has 104 valence electrons. The zero-order valence-corrected chi connectivity index (χ0v) is 11.4. The van der Waals surface area contributed by atoms with Gasteiger partial charge in [0.1, 0.15) is 6.04 Å². The Morgan fingerprint density at radius 2 is 2.47 bits per heavy atom. The first-order valence-corrected chi connectivity index (χ1v) is 6.84. The molecule has 1 saturated heterocycles. The number of hydrogen-bond donors (Lipinski definition) is 3. The largest absolute Gasteiger partial charge is 0.480 e. The highest BCUT2D eigenvalue weighted by molar-refractivity contribution is 7.13. The van der Waals surface area contributed by atoms with Gasteiger partial charge in [-0.1, -0.05) is 0 Å². The van der Waals surface area contributed by atoms with E-state index in [2.05, 4.69) is 15.6 Å². The van der Waals surface area contributed by atoms with Crippen molar-refractivity contribution in [2.24, 2.45) is 0 Å². The maximum Gasteiger partial charge on any atom is 0.322 e. The summed E-state index contributed by atoms with van der Waals surface area (Å²) in [4.78, 5) is 28.7. The molecular weight excluding hydrogens is 268 g/mol. The van der Waals surface area contributed by atoms with Crippen LogP contribution in [0.4, 0.5) is 5.13 Å². The van der Waals surface area contributed by atoms with E-state index in [1.54, 1.807) is 4.90 Å². The van der Waals surface area contributed by atoms with Crippen molar-refractivity contribution in [1.82, 2.24) is 15.2 Å². The molecule has 0 spiro atoms. The monoisotopic (exact) mass is 284 g/mol. The summed E-state index contributed by atoms with van der Waals surface area (Å²) in [6, 6.07) is -0.655. The molecule has 0 radical (unpaired) electrons. The first-order valence-electron chi connectivity index (χ1n) is 5.96. The molecule has 2 heterocycles. The molecule has 7 nitrogen and oxygen atoms in total. The summed E-state index contributed by atoms with van der Waals surface area (Å²) in [5, 5.41) is 17.2. The fourth-order valence-electron chi connectivity index (χ4n) is 1.93. The van der Waals surface area contributed by atoms with Crippen molar-refractivity contribution in [2.75, 3.05) is 31.5 Å². The lowest BCUT2D eigenvalue weighted by Gasteiger charge is -2.32. The Balaban J connectivity index is 1.91. The van der Waals surface area contributed by atoms with E-state index in [9.17, 15) is 9.59 Å². The highest BCUT2D eigenvalue weighted by atomic mass is 32.1. The minimum absolute atomic E-state index is 0.0667. The average Bonchev–Trinajstić information content (AvgIpc) is 2.75. The Morgan fingerprint density at radius 3 is 3.11 bits per heavy atom. The lowest BCUT2D eigenvalue weighted by molar-refractivity contribution is -0.144. The number of aromatic nitrogens is 1. The molecule has 1 aliphatic heterocycles. The molecule has 3 N–H and O–H groups in total. The van der Waals surface area contributed by atoms with E-state index < -0.39 is 12.0 Å². The van der Waals surface area contributed by atoms with E-state index in [0.717, 1.165) is 5.69 Å². The van der Waals surface area contributed by atoms with E-state index in [1.165, 1.54) is 11.3 Å². The number of piperazine rings is 1. The van der Waals surface area contributed by atoms with E-state index >= 15 is 0 Å². The second kappa shape index (κ2) is 6.09. The van der Waals surface area contributed by atoms with E-state index in [1.807, 2.05) is 12.3 Å². The van der Waals surface area contributed by atoms with Gasteiger partial charge in [0.15, 0.2) is 5.13 Å². The van der Waals surface area contributed by atoms with Crippen LogP contribution >= 0.6 is 11.3 Å². The van der Waals surface area contributed by atoms with Gasteiger partial charge < -0.3 is 15.7 Å². The zero-order chi connectivity index (χ0) is 13.8. The number of nitrogens with one attached hydrogen (secondary N) is 2. The Hall–Kier alpha value is -1.51. The summed E-state index contributed by atoms with van der Waals surface area (Å²) in [6.07, 6.45) is 0. The minimum Gasteiger partial charge on any atom is -0.480 e. The van der Waals surface area contributed by atoms with Crippen molar-refractivity contribution < 1.29 is 14.7 Å². The quantitative estimate of drug-likeness (QED) is 0.706. The van der Waals surface area contributed by atoms with Crippen molar-refractivity contribution in [3.63, 3.8) is 0 Å². The number of amides is 1. The van der Waals surface area contributed by atoms with Crippen LogP contribution in [0, 0.1) is 6.92 Å². The number of aliphatic carboxylic acids is 1. The van der Waals surface area contributed by atoms with Crippen LogP contribution in [0.5, 0.6) is 0 Å². The smallest absolute Gasteiger partial charge is 0.322 e. The van der Waals surface area contributed by atoms with Crippen LogP contribution in [0.1, 0.15) is 5.69 Å². The maximum absolute atomic E-state index is 11.9. The molecule has 1 amide bonds. The number of thiazole rings is 1. The Kier molecular flexibility index (Phi) is 4.46. The van der Waals surface area contributed by atoms with Gasteiger partial charge in [-0.2, -0.15) is 0 Å². The number of anilines is 1. The molecule has 0 saturated carbocycles. The van der Waals surface area contributed by atoms with Gasteiger partial charge in [-0.3, -0.25) is 14.5 Å². The Bertz CT molecular complexity index is 476. The van der Waals surface area contributed by atoms with Crippen molar-refractivity contribution in [3.8, 4) is 0 Å². The number of carboxylic acid groups (broad SMARTS) is 1. The highest BCUT2D eigenvalue weighted by Gasteiger charge is 2.29. The standard InChI is InChI=1S/C11H16N4O3S/c1-7-6-19-11(13-7)14-9(16)5-15-3-2-12-4-8(15)10(17)18/h6,8,12H,2-5H2,1H3,(H,17,18)(H,13,14,16). The second-order valence-corrected chi connectivity index (χ2v) is 5.23. The minimum atomic E-state index is -0.912. The molecule has 2 rings (SSSR count). The van der Waals surface area contributed by atoms with E-state index in [-0.39, 0.29) is 12.5 Å². The molecule has 1 aromatic heterocycles. The van der Waals surface area contributed by atoms with Gasteiger partial charge in [-0.05, 0) is 6.92 Å². The summed E-state index contributed by atoms with van der Waals surface area (Å²) in [7, 11) is 0. The third-order valence-corrected chi connectivity index (χ3v) is 3.73. The lowest BCUT2D eigenvalue weighted by Crippen LogP contribution is -2.56. The molecule has 8 heteroatoms. The molecule has 19 heavy (non-hydrogen) atoms. The molecule has 0 bridgehead atoms. The Morgan fingerprint density at radius 1 is 1.68 bits per heavy atom. The molecule has 0 aliphatic carbocycles. The summed E-state index contributed by atoms with van der Waals surface area (Å²) < 4.78 is 0. The number of carbonyl (C=O) groups is 2. The van der Waals surface area contributed by atoms with Crippen molar-refractivity contribution in [1.29, 1.82) is 0 Å². The van der Waals surface area contributed by atoms with Gasteiger partial charge in [0, 0.05) is 25.0 Å². The summed E-state index contributed by atoms with van der Waals surface area (Å²) in [6.45, 7) is 3.51. The third-order valence-electron chi connectivity index (χ3n) is 2.85. The van der Waals surface area contributed by atoms with Gasteiger partial charge in [-0.25, -0.2) is 4.98 Å². The van der Waals surface area contributed by atoms with E-state index in [0.29, 0.717) is 24.8 Å². The van der Waals surface area contributed by atoms with Crippen molar-refractivity contribution in [2.45, 2.75) is 13.0 Å².